The van der Waals surface area contributed by atoms with E-state index in [1.54, 1.807) is 25.4 Å². The Balaban J connectivity index is -0.000000355. The number of aromatic nitrogens is 1. The molecule has 0 radical (unpaired) electrons. The molecule has 4 heteroatoms. The van der Waals surface area contributed by atoms with Crippen molar-refractivity contribution >= 4 is 0 Å². The SMILES string of the molecule is CC.CC.COc1ccc(OCCN)nc1.[HH]. The molecule has 0 aromatic carbocycles. The number of nitrogens with two attached hydrogens (primary N) is 1. The van der Waals surface area contributed by atoms with Crippen LogP contribution in [0.4, 0.5) is 0 Å². The standard InChI is InChI=1S/C8H12N2O2.2C2H6.H2/c1-11-7-2-3-8(10-6-7)12-5-4-9;2*1-2;/h2-3,6H,4-5,9H2,1H3;2*1-2H3;1H. The molecule has 16 heavy (non-hydrogen) atoms. The first-order valence-corrected chi connectivity index (χ1v) is 5.69. The van der Waals surface area contributed by atoms with E-state index in [2.05, 4.69) is 4.98 Å². The highest BCUT2D eigenvalue weighted by atomic mass is 16.5. The normalized spacial score (nSPS) is 7.88. The Morgan fingerprint density at radius 2 is 1.88 bits per heavy atom. The Labute approximate surface area is 100 Å². The molecule has 0 unspecified atom stereocenters. The van der Waals surface area contributed by atoms with Crippen LogP contribution in [0.1, 0.15) is 29.1 Å². The molecule has 2 N–H and O–H groups in total. The number of hydrogen-bond acceptors (Lipinski definition) is 4. The third kappa shape index (κ3) is 8.05. The van der Waals surface area contributed by atoms with Gasteiger partial charge in [-0.3, -0.25) is 0 Å². The molecule has 1 aromatic rings. The summed E-state index contributed by atoms with van der Waals surface area (Å²) in [6.45, 7) is 8.98. The molecule has 0 amide bonds. The van der Waals surface area contributed by atoms with Crippen molar-refractivity contribution in [3.8, 4) is 11.6 Å². The maximum absolute atomic E-state index is 5.25. The van der Waals surface area contributed by atoms with Crippen LogP contribution >= 0.6 is 0 Å². The molecule has 0 bridgehead atoms. The van der Waals surface area contributed by atoms with Gasteiger partial charge >= 0.3 is 0 Å². The van der Waals surface area contributed by atoms with Crippen molar-refractivity contribution in [2.75, 3.05) is 20.3 Å². The van der Waals surface area contributed by atoms with E-state index in [4.69, 9.17) is 15.2 Å². The first-order chi connectivity index (χ1) is 7.86. The predicted octanol–water partition coefficient (Wildman–Crippen LogP) is 2.73. The van der Waals surface area contributed by atoms with Gasteiger partial charge in [0.25, 0.3) is 0 Å². The van der Waals surface area contributed by atoms with Crippen LogP contribution < -0.4 is 15.2 Å². The van der Waals surface area contributed by atoms with Crippen LogP contribution in [0.5, 0.6) is 11.6 Å². The van der Waals surface area contributed by atoms with Gasteiger partial charge in [0.05, 0.1) is 13.3 Å². The van der Waals surface area contributed by atoms with Gasteiger partial charge in [-0.15, -0.1) is 0 Å². The van der Waals surface area contributed by atoms with E-state index in [-0.39, 0.29) is 1.43 Å². The summed E-state index contributed by atoms with van der Waals surface area (Å²) in [5.41, 5.74) is 5.25. The van der Waals surface area contributed by atoms with Gasteiger partial charge in [-0.1, -0.05) is 27.7 Å². The highest BCUT2D eigenvalue weighted by Crippen LogP contribution is 2.12. The molecule has 96 valence electrons. The first-order valence-electron chi connectivity index (χ1n) is 5.69. The van der Waals surface area contributed by atoms with Crippen molar-refractivity contribution in [2.24, 2.45) is 5.73 Å². The van der Waals surface area contributed by atoms with Crippen LogP contribution in [0, 0.1) is 0 Å². The third-order valence-electron chi connectivity index (χ3n) is 1.31. The summed E-state index contributed by atoms with van der Waals surface area (Å²) in [4.78, 5) is 3.98. The zero-order valence-electron chi connectivity index (χ0n) is 11.0. The third-order valence-corrected chi connectivity index (χ3v) is 1.31. The molecule has 1 rings (SSSR count). The van der Waals surface area contributed by atoms with E-state index in [9.17, 15) is 0 Å². The maximum Gasteiger partial charge on any atom is 0.213 e. The summed E-state index contributed by atoms with van der Waals surface area (Å²) in [6, 6.07) is 3.54. The summed E-state index contributed by atoms with van der Waals surface area (Å²) in [7, 11) is 1.59. The molecule has 1 aromatic heterocycles. The average Bonchev–Trinajstić information content (AvgIpc) is 2.41. The summed E-state index contributed by atoms with van der Waals surface area (Å²) < 4.78 is 10.1. The summed E-state index contributed by atoms with van der Waals surface area (Å²) >= 11 is 0. The Kier molecular flexibility index (Phi) is 14.7. The van der Waals surface area contributed by atoms with Crippen LogP contribution in [0.3, 0.4) is 0 Å². The molecule has 1 heterocycles. The quantitative estimate of drug-likeness (QED) is 0.864. The zero-order valence-corrected chi connectivity index (χ0v) is 11.0. The largest absolute Gasteiger partial charge is 0.495 e. The minimum Gasteiger partial charge on any atom is -0.495 e. The van der Waals surface area contributed by atoms with Gasteiger partial charge < -0.3 is 15.2 Å². The van der Waals surface area contributed by atoms with Gasteiger partial charge in [-0.05, 0) is 6.07 Å². The molecule has 0 spiro atoms. The molecular formula is C12H26N2O2. The number of hydrogen-bond donors (Lipinski definition) is 1. The minimum absolute atomic E-state index is 0. The Morgan fingerprint density at radius 3 is 2.25 bits per heavy atom. The minimum atomic E-state index is 0. The molecule has 0 aliphatic rings. The molecule has 0 saturated carbocycles. The molecule has 0 fully saturated rings. The van der Waals surface area contributed by atoms with Crippen molar-refractivity contribution in [3.05, 3.63) is 18.3 Å². The van der Waals surface area contributed by atoms with Crippen molar-refractivity contribution in [2.45, 2.75) is 27.7 Å². The summed E-state index contributed by atoms with van der Waals surface area (Å²) in [6.07, 6.45) is 1.60. The number of rotatable bonds is 4. The lowest BCUT2D eigenvalue weighted by Crippen LogP contribution is -2.11. The van der Waals surface area contributed by atoms with Crippen LogP contribution in [-0.2, 0) is 0 Å². The van der Waals surface area contributed by atoms with E-state index >= 15 is 0 Å². The second-order valence-electron chi connectivity index (χ2n) is 2.17. The fourth-order valence-corrected chi connectivity index (χ4v) is 0.736. The zero-order chi connectivity index (χ0) is 12.8. The van der Waals surface area contributed by atoms with Gasteiger partial charge in [0.15, 0.2) is 0 Å². The smallest absolute Gasteiger partial charge is 0.213 e. The lowest BCUT2D eigenvalue weighted by molar-refractivity contribution is 0.314. The number of nitrogens with zero attached hydrogens (tertiary/aromatic N) is 1. The van der Waals surface area contributed by atoms with E-state index in [0.29, 0.717) is 19.0 Å². The molecule has 0 aliphatic carbocycles. The molecule has 0 saturated heterocycles. The van der Waals surface area contributed by atoms with Gasteiger partial charge in [0.2, 0.25) is 5.88 Å². The molecular weight excluding hydrogens is 204 g/mol. The first kappa shape index (κ1) is 17.1. The van der Waals surface area contributed by atoms with Gasteiger partial charge in [0.1, 0.15) is 12.4 Å². The predicted molar refractivity (Wildman–Crippen MR) is 70.1 cm³/mol. The van der Waals surface area contributed by atoms with Crippen LogP contribution in [-0.4, -0.2) is 25.2 Å². The lowest BCUT2D eigenvalue weighted by Gasteiger charge is -2.03. The second-order valence-corrected chi connectivity index (χ2v) is 2.17. The monoisotopic (exact) mass is 230 g/mol. The van der Waals surface area contributed by atoms with E-state index < -0.39 is 0 Å². The van der Waals surface area contributed by atoms with Gasteiger partial charge in [-0.25, -0.2) is 4.98 Å². The molecule has 0 atom stereocenters. The van der Waals surface area contributed by atoms with Crippen molar-refractivity contribution in [3.63, 3.8) is 0 Å². The Hall–Kier alpha value is -1.29. The van der Waals surface area contributed by atoms with Crippen molar-refractivity contribution < 1.29 is 10.9 Å². The average molecular weight is 230 g/mol. The van der Waals surface area contributed by atoms with E-state index in [0.717, 1.165) is 5.75 Å². The highest BCUT2D eigenvalue weighted by Gasteiger charge is 1.94. The van der Waals surface area contributed by atoms with Crippen LogP contribution in [0.2, 0.25) is 0 Å². The fraction of sp³-hybridized carbons (Fsp3) is 0.583. The van der Waals surface area contributed by atoms with Gasteiger partial charge in [-0.2, -0.15) is 0 Å². The van der Waals surface area contributed by atoms with Crippen LogP contribution in [0.25, 0.3) is 0 Å². The van der Waals surface area contributed by atoms with Crippen molar-refractivity contribution in [1.29, 1.82) is 0 Å². The van der Waals surface area contributed by atoms with Crippen molar-refractivity contribution in [1.82, 2.24) is 4.98 Å². The summed E-state index contributed by atoms with van der Waals surface area (Å²) in [5.74, 6) is 1.29. The molecule has 4 nitrogen and oxygen atoms in total. The lowest BCUT2D eigenvalue weighted by atomic mass is 10.4. The Morgan fingerprint density at radius 1 is 1.25 bits per heavy atom. The number of ether oxygens (including phenoxy) is 2. The van der Waals surface area contributed by atoms with E-state index in [1.165, 1.54) is 0 Å². The topological polar surface area (TPSA) is 57.4 Å². The summed E-state index contributed by atoms with van der Waals surface area (Å²) in [5, 5.41) is 0. The Bertz CT molecular complexity index is 230. The maximum atomic E-state index is 5.25. The number of pyridine rings is 1. The fourth-order valence-electron chi connectivity index (χ4n) is 0.736. The molecule has 0 aliphatic heterocycles. The van der Waals surface area contributed by atoms with Crippen LogP contribution in [0.15, 0.2) is 18.3 Å². The second kappa shape index (κ2) is 13.7. The highest BCUT2D eigenvalue weighted by molar-refractivity contribution is 5.22. The van der Waals surface area contributed by atoms with Gasteiger partial charge in [0, 0.05) is 14.0 Å². The number of methoxy groups -OCH3 is 1. The van der Waals surface area contributed by atoms with E-state index in [1.807, 2.05) is 27.7 Å².